The van der Waals surface area contributed by atoms with Crippen LogP contribution in [0.4, 0.5) is 11.4 Å². The Balaban J connectivity index is -0.000000657. The van der Waals surface area contributed by atoms with Gasteiger partial charge in [-0.25, -0.2) is 0 Å². The molecule has 0 aromatic heterocycles. The molecule has 0 amide bonds. The van der Waals surface area contributed by atoms with Crippen molar-refractivity contribution in [1.29, 1.82) is 0 Å². The van der Waals surface area contributed by atoms with Gasteiger partial charge in [0, 0.05) is 20.0 Å². The first-order valence-corrected chi connectivity index (χ1v) is 23.6. The van der Waals surface area contributed by atoms with E-state index in [9.17, 15) is 14.4 Å². The summed E-state index contributed by atoms with van der Waals surface area (Å²) in [5, 5.41) is 5.93. The average Bonchev–Trinajstić information content (AvgIpc) is 3.21. The molecule has 54 heavy (non-hydrogen) atoms. The zero-order chi connectivity index (χ0) is 42.3. The van der Waals surface area contributed by atoms with Crippen LogP contribution in [0, 0.1) is 0 Å². The minimum atomic E-state index is -0.425. The van der Waals surface area contributed by atoms with Crippen LogP contribution in [0.1, 0.15) is 238 Å². The van der Waals surface area contributed by atoms with Gasteiger partial charge >= 0.3 is 5.97 Å². The molecule has 0 spiro atoms. The predicted molar refractivity (Wildman–Crippen MR) is 246 cm³/mol. The number of hydrogen-bond acceptors (Lipinski definition) is 7. The lowest BCUT2D eigenvalue weighted by Crippen LogP contribution is -2.37. The summed E-state index contributed by atoms with van der Waals surface area (Å²) in [7, 11) is 1.67. The third-order valence-corrected chi connectivity index (χ3v) is 8.57. The topological polar surface area (TPSA) is 87.7 Å². The second kappa shape index (κ2) is 53.2. The molecule has 2 N–H and O–H groups in total. The van der Waals surface area contributed by atoms with Crippen molar-refractivity contribution in [2.45, 2.75) is 244 Å². The fourth-order valence-electron chi connectivity index (χ4n) is 5.91. The Kier molecular flexibility index (Phi) is 60.4. The fraction of sp³-hybridized carbons (Fsp3) is 0.894. The summed E-state index contributed by atoms with van der Waals surface area (Å²) < 4.78 is 6.00. The second-order valence-electron chi connectivity index (χ2n) is 13.2. The van der Waals surface area contributed by atoms with E-state index in [0.29, 0.717) is 24.3 Å². The monoisotopic (exact) mass is 770 g/mol. The van der Waals surface area contributed by atoms with Crippen LogP contribution in [0.3, 0.4) is 0 Å². The maximum Gasteiger partial charge on any atom is 0.306 e. The van der Waals surface area contributed by atoms with E-state index in [-0.39, 0.29) is 12.1 Å². The van der Waals surface area contributed by atoms with Gasteiger partial charge in [-0.1, -0.05) is 180 Å². The normalized spacial score (nSPS) is 10.0. The Morgan fingerprint density at radius 3 is 1.41 bits per heavy atom. The third kappa shape index (κ3) is 38.4. The SMILES string of the molecule is CC.CC.CC.CC.CCC.CCCCCCCCC(CCCCCCCC)OC(=O)CCCCCCCN(CCC)CCCNc1c(NC)c(=O)c1=O. The Labute approximate surface area is 339 Å². The van der Waals surface area contributed by atoms with Crippen molar-refractivity contribution in [1.82, 2.24) is 4.90 Å². The highest BCUT2D eigenvalue weighted by molar-refractivity contribution is 5.73. The van der Waals surface area contributed by atoms with Crippen molar-refractivity contribution in [3.8, 4) is 0 Å². The summed E-state index contributed by atoms with van der Waals surface area (Å²) in [6.45, 7) is 30.8. The number of rotatable bonds is 31. The number of ether oxygens (including phenoxy) is 1. The number of anilines is 2. The van der Waals surface area contributed by atoms with Crippen molar-refractivity contribution in [3.63, 3.8) is 0 Å². The first-order chi connectivity index (χ1) is 26.4. The van der Waals surface area contributed by atoms with E-state index in [1.54, 1.807) is 7.05 Å². The van der Waals surface area contributed by atoms with Crippen LogP contribution in [-0.4, -0.2) is 50.2 Å². The van der Waals surface area contributed by atoms with Gasteiger partial charge in [0.15, 0.2) is 0 Å². The number of carbonyl (C=O) groups excluding carboxylic acids is 1. The lowest BCUT2D eigenvalue weighted by atomic mass is 10.0. The van der Waals surface area contributed by atoms with Gasteiger partial charge in [-0.15, -0.1) is 0 Å². The Morgan fingerprint density at radius 1 is 0.537 bits per heavy atom. The van der Waals surface area contributed by atoms with Gasteiger partial charge < -0.3 is 20.3 Å². The molecular weight excluding hydrogens is 671 g/mol. The van der Waals surface area contributed by atoms with E-state index in [2.05, 4.69) is 50.2 Å². The zero-order valence-corrected chi connectivity index (χ0v) is 39.2. The highest BCUT2D eigenvalue weighted by Gasteiger charge is 2.19. The van der Waals surface area contributed by atoms with Crippen molar-refractivity contribution in [3.05, 3.63) is 20.4 Å². The van der Waals surface area contributed by atoms with Crippen molar-refractivity contribution in [2.24, 2.45) is 0 Å². The molecule has 7 nitrogen and oxygen atoms in total. The summed E-state index contributed by atoms with van der Waals surface area (Å²) >= 11 is 0. The minimum absolute atomic E-state index is 0.00950. The molecule has 0 aliphatic carbocycles. The molecule has 1 rings (SSSR count). The van der Waals surface area contributed by atoms with Gasteiger partial charge in [-0.3, -0.25) is 14.4 Å². The Hall–Kier alpha value is -1.89. The summed E-state index contributed by atoms with van der Waals surface area (Å²) in [5.74, 6) is 0.00950. The number of carbonyl (C=O) groups is 1. The van der Waals surface area contributed by atoms with Crippen LogP contribution in [0.2, 0.25) is 0 Å². The first kappa shape index (κ1) is 61.3. The lowest BCUT2D eigenvalue weighted by molar-refractivity contribution is -0.150. The summed E-state index contributed by atoms with van der Waals surface area (Å²) in [6, 6.07) is 0. The number of nitrogens with one attached hydrogen (secondary N) is 2. The quantitative estimate of drug-likeness (QED) is 0.0442. The molecule has 1 aromatic rings. The highest BCUT2D eigenvalue weighted by Crippen LogP contribution is 2.18. The van der Waals surface area contributed by atoms with Crippen LogP contribution in [0.25, 0.3) is 0 Å². The maximum atomic E-state index is 12.6. The van der Waals surface area contributed by atoms with Gasteiger partial charge in [-0.05, 0) is 71.0 Å². The fourth-order valence-corrected chi connectivity index (χ4v) is 5.91. The van der Waals surface area contributed by atoms with Gasteiger partial charge in [0.2, 0.25) is 0 Å². The zero-order valence-electron chi connectivity index (χ0n) is 39.2. The van der Waals surface area contributed by atoms with Crippen LogP contribution >= 0.6 is 0 Å². The Bertz CT molecular complexity index is 882. The third-order valence-electron chi connectivity index (χ3n) is 8.57. The highest BCUT2D eigenvalue weighted by atomic mass is 16.5. The van der Waals surface area contributed by atoms with E-state index in [0.717, 1.165) is 64.6 Å². The van der Waals surface area contributed by atoms with Crippen molar-refractivity contribution < 1.29 is 9.53 Å². The molecule has 0 saturated carbocycles. The number of hydrogen-bond donors (Lipinski definition) is 2. The number of esters is 1. The molecule has 0 aliphatic heterocycles. The molecule has 0 aliphatic rings. The average molecular weight is 770 g/mol. The lowest BCUT2D eigenvalue weighted by Gasteiger charge is -2.22. The van der Waals surface area contributed by atoms with Gasteiger partial charge in [0.05, 0.1) is 0 Å². The minimum Gasteiger partial charge on any atom is -0.462 e. The summed E-state index contributed by atoms with van der Waals surface area (Å²) in [4.78, 5) is 38.3. The molecule has 0 saturated heterocycles. The molecule has 0 fully saturated rings. The molecule has 0 heterocycles. The van der Waals surface area contributed by atoms with Crippen molar-refractivity contribution >= 4 is 17.3 Å². The van der Waals surface area contributed by atoms with E-state index < -0.39 is 10.9 Å². The van der Waals surface area contributed by atoms with Crippen LogP contribution in [-0.2, 0) is 9.53 Å². The van der Waals surface area contributed by atoms with E-state index >= 15 is 0 Å². The maximum absolute atomic E-state index is 12.6. The van der Waals surface area contributed by atoms with Gasteiger partial charge in [-0.2, -0.15) is 0 Å². The van der Waals surface area contributed by atoms with E-state index in [4.69, 9.17) is 4.74 Å². The van der Waals surface area contributed by atoms with Crippen LogP contribution in [0.15, 0.2) is 9.59 Å². The summed E-state index contributed by atoms with van der Waals surface area (Å²) in [6.07, 6.45) is 26.9. The molecule has 0 bridgehead atoms. The molecule has 1 aromatic carbocycles. The van der Waals surface area contributed by atoms with Crippen molar-refractivity contribution in [2.75, 3.05) is 43.9 Å². The van der Waals surface area contributed by atoms with E-state index in [1.165, 1.54) is 96.3 Å². The smallest absolute Gasteiger partial charge is 0.306 e. The predicted octanol–water partition coefficient (Wildman–Crippen LogP) is 14.1. The first-order valence-electron chi connectivity index (χ1n) is 23.6. The molecule has 0 unspecified atom stereocenters. The summed E-state index contributed by atoms with van der Waals surface area (Å²) in [5.41, 5.74) is 0.00393. The Morgan fingerprint density at radius 2 is 0.944 bits per heavy atom. The largest absolute Gasteiger partial charge is 0.462 e. The number of nitrogens with zero attached hydrogens (tertiary/aromatic N) is 1. The molecular formula is C47H99N3O4. The molecule has 7 heteroatoms. The number of unbranched alkanes of at least 4 members (excludes halogenated alkanes) is 14. The van der Waals surface area contributed by atoms with Gasteiger partial charge in [0.1, 0.15) is 17.5 Å². The molecule has 326 valence electrons. The standard InChI is InChI=1S/C36H67N3O4.C3H8.4C2H6/c1-5-8-10-12-15-19-24-31(25-20-16-13-11-9-6-2)43-32(40)26-21-17-14-18-22-29-39(28-7-3)30-23-27-38-34-33(37-4)35(41)36(34)42;1-3-2;4*1-2/h31,37-38H,5-30H2,1-4H3;3H2,1-2H3;4*1-2H3. The van der Waals surface area contributed by atoms with Crippen LogP contribution in [0.5, 0.6) is 0 Å². The molecule has 0 atom stereocenters. The molecule has 0 radical (unpaired) electrons. The second-order valence-corrected chi connectivity index (χ2v) is 13.2. The van der Waals surface area contributed by atoms with Gasteiger partial charge in [0.25, 0.3) is 10.9 Å². The van der Waals surface area contributed by atoms with Crippen LogP contribution < -0.4 is 21.5 Å². The van der Waals surface area contributed by atoms with E-state index in [1.807, 2.05) is 55.4 Å².